The van der Waals surface area contributed by atoms with Crippen LogP contribution < -0.4 is 15.5 Å². The maximum atomic E-state index is 13.3. The van der Waals surface area contributed by atoms with Crippen LogP contribution in [-0.2, 0) is 23.9 Å². The third kappa shape index (κ3) is 9.66. The molecule has 2 atom stereocenters. The molecule has 9 nitrogen and oxygen atoms in total. The number of ether oxygens (including phenoxy) is 2. The van der Waals surface area contributed by atoms with Crippen LogP contribution in [0.5, 0.6) is 0 Å². The van der Waals surface area contributed by atoms with E-state index in [1.54, 1.807) is 19.1 Å². The number of anilines is 1. The Kier molecular flexibility index (Phi) is 15.1. The topological polar surface area (TPSA) is 117 Å². The van der Waals surface area contributed by atoms with Gasteiger partial charge in [-0.3, -0.25) is 24.6 Å². The molecular formula is C23H35Br2N3O6S. The molecule has 1 aromatic carbocycles. The number of carboxylic acids is 1. The number of fused-ring (bicyclic) bond motifs is 1. The molecule has 0 aliphatic carbocycles. The number of carbonyl (C=O) groups excluding carboxylic acids is 2. The number of piperidine rings is 1. The van der Waals surface area contributed by atoms with Gasteiger partial charge in [-0.2, -0.15) is 0 Å². The van der Waals surface area contributed by atoms with Crippen LogP contribution in [0, 0.1) is 5.92 Å². The number of carbonyl (C=O) groups is 3. The molecule has 1 unspecified atom stereocenters. The van der Waals surface area contributed by atoms with Gasteiger partial charge >= 0.3 is 11.9 Å². The second-order valence-corrected chi connectivity index (χ2v) is 9.24. The van der Waals surface area contributed by atoms with Crippen LogP contribution >= 0.6 is 45.7 Å². The normalized spacial score (nSPS) is 18.9. The molecule has 12 heteroatoms. The molecule has 35 heavy (non-hydrogen) atoms. The predicted molar refractivity (Wildman–Crippen MR) is 146 cm³/mol. The molecule has 1 amide bonds. The lowest BCUT2D eigenvalue weighted by molar-refractivity contribution is -0.148. The van der Waals surface area contributed by atoms with Crippen LogP contribution in [0.1, 0.15) is 26.2 Å². The number of nitrogens with zero attached hydrogens (tertiary/aromatic N) is 1. The monoisotopic (exact) mass is 639 g/mol. The number of amides is 1. The Morgan fingerprint density at radius 2 is 1.97 bits per heavy atom. The third-order valence-corrected chi connectivity index (χ3v) is 6.96. The van der Waals surface area contributed by atoms with Gasteiger partial charge in [0.25, 0.3) is 0 Å². The Bertz CT molecular complexity index is 828. The fraction of sp³-hybridized carbons (Fsp3) is 0.609. The average molecular weight is 641 g/mol. The molecule has 1 saturated heterocycles. The van der Waals surface area contributed by atoms with Crippen molar-refractivity contribution in [1.82, 2.24) is 10.6 Å². The summed E-state index contributed by atoms with van der Waals surface area (Å²) in [6.45, 7) is 4.16. The van der Waals surface area contributed by atoms with Gasteiger partial charge < -0.3 is 19.9 Å². The van der Waals surface area contributed by atoms with Gasteiger partial charge in [-0.25, -0.2) is 0 Å². The van der Waals surface area contributed by atoms with Crippen molar-refractivity contribution in [3.63, 3.8) is 0 Å². The average Bonchev–Trinajstić information content (AvgIpc) is 2.93. The van der Waals surface area contributed by atoms with E-state index in [-0.39, 0.29) is 53.1 Å². The first kappa shape index (κ1) is 31.8. The lowest BCUT2D eigenvalue weighted by Gasteiger charge is -2.27. The minimum absolute atomic E-state index is 0. The van der Waals surface area contributed by atoms with Gasteiger partial charge in [-0.1, -0.05) is 12.1 Å². The zero-order valence-corrected chi connectivity index (χ0v) is 24.0. The highest BCUT2D eigenvalue weighted by Crippen LogP contribution is 2.34. The molecule has 2 aliphatic heterocycles. The molecule has 3 rings (SSSR count). The van der Waals surface area contributed by atoms with E-state index < -0.39 is 30.6 Å². The van der Waals surface area contributed by atoms with Gasteiger partial charge in [0.05, 0.1) is 24.9 Å². The van der Waals surface area contributed by atoms with E-state index >= 15 is 0 Å². The number of rotatable bonds is 11. The summed E-state index contributed by atoms with van der Waals surface area (Å²) in [6.07, 6.45) is 3.17. The molecule has 0 bridgehead atoms. The van der Waals surface area contributed by atoms with Crippen LogP contribution in [0.4, 0.5) is 5.69 Å². The van der Waals surface area contributed by atoms with Gasteiger partial charge in [0.15, 0.2) is 0 Å². The number of esters is 1. The van der Waals surface area contributed by atoms with Crippen LogP contribution in [0.2, 0.25) is 0 Å². The number of halogens is 2. The van der Waals surface area contributed by atoms with Gasteiger partial charge in [0, 0.05) is 17.3 Å². The summed E-state index contributed by atoms with van der Waals surface area (Å²) in [6, 6.07) is 5.63. The molecule has 0 spiro atoms. The lowest BCUT2D eigenvalue weighted by atomic mass is 9.95. The number of benzene rings is 1. The van der Waals surface area contributed by atoms with Crippen molar-refractivity contribution in [2.24, 2.45) is 5.92 Å². The fourth-order valence-electron chi connectivity index (χ4n) is 4.06. The molecule has 1 aromatic rings. The van der Waals surface area contributed by atoms with E-state index in [4.69, 9.17) is 9.47 Å². The second-order valence-electron chi connectivity index (χ2n) is 8.18. The van der Waals surface area contributed by atoms with Crippen LogP contribution in [0.25, 0.3) is 0 Å². The van der Waals surface area contributed by atoms with E-state index in [2.05, 4.69) is 10.6 Å². The second kappa shape index (κ2) is 16.5. The molecule has 2 heterocycles. The summed E-state index contributed by atoms with van der Waals surface area (Å²) in [5.41, 5.74) is 0.560. The van der Waals surface area contributed by atoms with Crippen LogP contribution in [-0.4, -0.2) is 80.2 Å². The van der Waals surface area contributed by atoms with Gasteiger partial charge in [0.2, 0.25) is 5.91 Å². The van der Waals surface area contributed by atoms with Crippen molar-refractivity contribution in [2.45, 2.75) is 43.2 Å². The van der Waals surface area contributed by atoms with Gasteiger partial charge in [-0.05, 0) is 57.3 Å². The summed E-state index contributed by atoms with van der Waals surface area (Å²) in [4.78, 5) is 39.4. The van der Waals surface area contributed by atoms with Crippen molar-refractivity contribution in [3.05, 3.63) is 24.3 Å². The molecule has 198 valence electrons. The van der Waals surface area contributed by atoms with Crippen molar-refractivity contribution in [1.29, 1.82) is 0 Å². The van der Waals surface area contributed by atoms with Crippen molar-refractivity contribution >= 4 is 69.3 Å². The highest BCUT2D eigenvalue weighted by atomic mass is 79.9. The van der Waals surface area contributed by atoms with Crippen molar-refractivity contribution < 1.29 is 29.0 Å². The summed E-state index contributed by atoms with van der Waals surface area (Å²) in [5.74, 6) is -1.01. The minimum Gasteiger partial charge on any atom is -0.480 e. The molecule has 3 N–H and O–H groups in total. The molecule has 0 saturated carbocycles. The minimum atomic E-state index is -1.10. The largest absolute Gasteiger partial charge is 0.480 e. The first-order valence-electron chi connectivity index (χ1n) is 11.5. The fourth-order valence-corrected chi connectivity index (χ4v) is 5.15. The smallest absolute Gasteiger partial charge is 0.325 e. The van der Waals surface area contributed by atoms with Crippen molar-refractivity contribution in [2.75, 3.05) is 50.1 Å². The van der Waals surface area contributed by atoms with E-state index in [0.717, 1.165) is 37.2 Å². The summed E-state index contributed by atoms with van der Waals surface area (Å²) in [5, 5.41) is 15.8. The number of hydrogen-bond donors (Lipinski definition) is 3. The number of nitrogens with one attached hydrogen (secondary N) is 2. The Morgan fingerprint density at radius 3 is 2.66 bits per heavy atom. The zero-order chi connectivity index (χ0) is 23.6. The lowest BCUT2D eigenvalue weighted by Crippen LogP contribution is -2.55. The van der Waals surface area contributed by atoms with Crippen LogP contribution in [0.15, 0.2) is 29.2 Å². The van der Waals surface area contributed by atoms with E-state index in [9.17, 15) is 19.5 Å². The summed E-state index contributed by atoms with van der Waals surface area (Å²) in [7, 11) is 0. The number of hydrogen-bond acceptors (Lipinski definition) is 8. The quantitative estimate of drug-likeness (QED) is 0.248. The maximum absolute atomic E-state index is 13.3. The molecule has 0 radical (unpaired) electrons. The number of carboxylic acid groups (broad SMARTS) is 1. The van der Waals surface area contributed by atoms with E-state index in [0.29, 0.717) is 24.0 Å². The SMILES string of the molecule is Br.Br.CCOC(=O)[C@@H](COCCC1CCNCC1)NC1CSc2ccccc2N(CC(=O)O)C1=O. The van der Waals surface area contributed by atoms with E-state index in [1.165, 1.54) is 16.7 Å². The van der Waals surface area contributed by atoms with Crippen molar-refractivity contribution in [3.8, 4) is 0 Å². The highest BCUT2D eigenvalue weighted by Gasteiger charge is 2.35. The molecular weight excluding hydrogens is 606 g/mol. The Balaban J connectivity index is 0.00000306. The maximum Gasteiger partial charge on any atom is 0.325 e. The highest BCUT2D eigenvalue weighted by molar-refractivity contribution is 8.93. The summed E-state index contributed by atoms with van der Waals surface area (Å²) < 4.78 is 11.0. The molecule has 0 aromatic heterocycles. The predicted octanol–water partition coefficient (Wildman–Crippen LogP) is 2.66. The number of thioether (sulfide) groups is 1. The van der Waals surface area contributed by atoms with Gasteiger partial charge in [-0.15, -0.1) is 45.7 Å². The van der Waals surface area contributed by atoms with Crippen LogP contribution in [0.3, 0.4) is 0 Å². The standard InChI is InChI=1S/C23H33N3O6S.2BrH/c1-2-32-23(30)17(14-31-12-9-16-7-10-24-11-8-16)25-18-15-33-20-6-4-3-5-19(20)26(22(18)29)13-21(27)28;;/h3-6,16-18,24-25H,2,7-15H2,1H3,(H,27,28);2*1H/t17-,18?;;/m1../s1. The van der Waals surface area contributed by atoms with Gasteiger partial charge in [0.1, 0.15) is 12.6 Å². The Labute approximate surface area is 231 Å². The third-order valence-electron chi connectivity index (χ3n) is 5.81. The summed E-state index contributed by atoms with van der Waals surface area (Å²) >= 11 is 1.45. The first-order chi connectivity index (χ1) is 16.0. The Hall–Kier alpha value is -1.18. The molecule has 1 fully saturated rings. The number of para-hydroxylation sites is 1. The Morgan fingerprint density at radius 1 is 1.26 bits per heavy atom. The number of aliphatic carboxylic acids is 1. The molecule has 2 aliphatic rings. The first-order valence-corrected chi connectivity index (χ1v) is 12.4. The zero-order valence-electron chi connectivity index (χ0n) is 19.8. The van der Waals surface area contributed by atoms with E-state index in [1.807, 2.05) is 12.1 Å².